The molecule has 1 aromatic carbocycles. The highest BCUT2D eigenvalue weighted by atomic mass is 35.5. The Morgan fingerprint density at radius 3 is 2.41 bits per heavy atom. The van der Waals surface area contributed by atoms with E-state index in [2.05, 4.69) is 13.8 Å². The molecule has 3 nitrogen and oxygen atoms in total. The zero-order valence-corrected chi connectivity index (χ0v) is 15.1. The zero-order chi connectivity index (χ0) is 16.5. The fourth-order valence-electron chi connectivity index (χ4n) is 2.09. The van der Waals surface area contributed by atoms with Crippen molar-refractivity contribution in [3.05, 3.63) is 27.2 Å². The highest BCUT2D eigenvalue weighted by Gasteiger charge is 2.11. The Morgan fingerprint density at radius 1 is 1.09 bits per heavy atom. The standard InChI is InChI=1S/C16H21Cl3O3/c1-3-5-11(4-2)6-7-21-16(20)10-22-15-9-13(18)12(17)8-14(15)19/h8-9,11H,3-7,10H2,1-2H3. The molecule has 0 spiro atoms. The van der Waals surface area contributed by atoms with Crippen LogP contribution in [0.15, 0.2) is 12.1 Å². The van der Waals surface area contributed by atoms with E-state index in [1.807, 2.05) is 0 Å². The quantitative estimate of drug-likeness (QED) is 0.409. The molecule has 0 saturated heterocycles. The summed E-state index contributed by atoms with van der Waals surface area (Å²) in [6, 6.07) is 2.95. The predicted octanol–water partition coefficient (Wildman–Crippen LogP) is 5.79. The van der Waals surface area contributed by atoms with Gasteiger partial charge in [-0.1, -0.05) is 67.9 Å². The summed E-state index contributed by atoms with van der Waals surface area (Å²) in [5.41, 5.74) is 0. The van der Waals surface area contributed by atoms with E-state index in [1.165, 1.54) is 12.1 Å². The van der Waals surface area contributed by atoms with Gasteiger partial charge in [0.05, 0.1) is 21.7 Å². The van der Waals surface area contributed by atoms with Gasteiger partial charge in [0.2, 0.25) is 0 Å². The van der Waals surface area contributed by atoms with E-state index in [-0.39, 0.29) is 6.61 Å². The molecule has 0 heterocycles. The second-order valence-electron chi connectivity index (χ2n) is 5.06. The molecule has 22 heavy (non-hydrogen) atoms. The van der Waals surface area contributed by atoms with Crippen molar-refractivity contribution in [1.82, 2.24) is 0 Å². The maximum absolute atomic E-state index is 11.7. The Hall–Kier alpha value is -0.640. The summed E-state index contributed by atoms with van der Waals surface area (Å²) in [6.45, 7) is 4.51. The molecule has 1 aromatic rings. The number of ether oxygens (including phenoxy) is 2. The monoisotopic (exact) mass is 366 g/mol. The summed E-state index contributed by atoms with van der Waals surface area (Å²) in [4.78, 5) is 11.7. The fraction of sp³-hybridized carbons (Fsp3) is 0.562. The van der Waals surface area contributed by atoms with Crippen molar-refractivity contribution < 1.29 is 14.3 Å². The van der Waals surface area contributed by atoms with Crippen molar-refractivity contribution in [1.29, 1.82) is 0 Å². The van der Waals surface area contributed by atoms with E-state index in [0.29, 0.717) is 33.3 Å². The predicted molar refractivity (Wildman–Crippen MR) is 91.2 cm³/mol. The van der Waals surface area contributed by atoms with Gasteiger partial charge >= 0.3 is 5.97 Å². The van der Waals surface area contributed by atoms with Crippen LogP contribution >= 0.6 is 34.8 Å². The molecule has 0 aliphatic heterocycles. The highest BCUT2D eigenvalue weighted by molar-refractivity contribution is 6.43. The third-order valence-electron chi connectivity index (χ3n) is 3.38. The number of hydrogen-bond donors (Lipinski definition) is 0. The van der Waals surface area contributed by atoms with Gasteiger partial charge in [-0.05, 0) is 18.4 Å². The summed E-state index contributed by atoms with van der Waals surface area (Å²) < 4.78 is 10.5. The minimum absolute atomic E-state index is 0.206. The summed E-state index contributed by atoms with van der Waals surface area (Å²) in [5.74, 6) is 0.488. The molecule has 1 unspecified atom stereocenters. The van der Waals surface area contributed by atoms with E-state index >= 15 is 0 Å². The number of hydrogen-bond acceptors (Lipinski definition) is 3. The lowest BCUT2D eigenvalue weighted by Crippen LogP contribution is -2.17. The molecule has 0 aliphatic carbocycles. The van der Waals surface area contributed by atoms with E-state index in [4.69, 9.17) is 44.3 Å². The number of benzene rings is 1. The molecule has 0 amide bonds. The molecule has 6 heteroatoms. The maximum Gasteiger partial charge on any atom is 0.344 e. The molecule has 0 fully saturated rings. The van der Waals surface area contributed by atoms with Crippen LogP contribution in [0.2, 0.25) is 15.1 Å². The Balaban J connectivity index is 2.36. The summed E-state index contributed by atoms with van der Waals surface area (Å²) >= 11 is 17.7. The van der Waals surface area contributed by atoms with Crippen LogP contribution in [-0.2, 0) is 9.53 Å². The van der Waals surface area contributed by atoms with Crippen LogP contribution in [0.4, 0.5) is 0 Å². The largest absolute Gasteiger partial charge is 0.480 e. The van der Waals surface area contributed by atoms with E-state index in [9.17, 15) is 4.79 Å². The second kappa shape index (κ2) is 10.2. The fourth-order valence-corrected chi connectivity index (χ4v) is 2.68. The molecule has 1 atom stereocenters. The first-order chi connectivity index (χ1) is 10.5. The van der Waals surface area contributed by atoms with Gasteiger partial charge in [-0.25, -0.2) is 4.79 Å². The van der Waals surface area contributed by atoms with Gasteiger partial charge in [0.1, 0.15) is 5.75 Å². The van der Waals surface area contributed by atoms with E-state index in [0.717, 1.165) is 25.7 Å². The van der Waals surface area contributed by atoms with Crippen molar-refractivity contribution in [2.75, 3.05) is 13.2 Å². The third kappa shape index (κ3) is 6.64. The Kier molecular flexibility index (Phi) is 8.99. The molecular weight excluding hydrogens is 347 g/mol. The van der Waals surface area contributed by atoms with Crippen LogP contribution in [0.3, 0.4) is 0 Å². The van der Waals surface area contributed by atoms with Gasteiger partial charge in [0.25, 0.3) is 0 Å². The van der Waals surface area contributed by atoms with Crippen molar-refractivity contribution >= 4 is 40.8 Å². The van der Waals surface area contributed by atoms with Crippen molar-refractivity contribution in [3.63, 3.8) is 0 Å². The minimum atomic E-state index is -0.423. The molecule has 0 aromatic heterocycles. The van der Waals surface area contributed by atoms with Crippen LogP contribution in [0.5, 0.6) is 5.75 Å². The Morgan fingerprint density at radius 2 is 1.77 bits per heavy atom. The third-order valence-corrected chi connectivity index (χ3v) is 4.40. The van der Waals surface area contributed by atoms with E-state index in [1.54, 1.807) is 0 Å². The van der Waals surface area contributed by atoms with Gasteiger partial charge in [0.15, 0.2) is 6.61 Å². The SMILES string of the molecule is CCCC(CC)CCOC(=O)COc1cc(Cl)c(Cl)cc1Cl. The summed E-state index contributed by atoms with van der Waals surface area (Å²) in [7, 11) is 0. The van der Waals surface area contributed by atoms with Gasteiger partial charge in [-0.15, -0.1) is 0 Å². The van der Waals surface area contributed by atoms with Gasteiger partial charge in [-0.2, -0.15) is 0 Å². The lowest BCUT2D eigenvalue weighted by atomic mass is 9.98. The van der Waals surface area contributed by atoms with Crippen LogP contribution < -0.4 is 4.74 Å². The molecule has 0 saturated carbocycles. The average Bonchev–Trinajstić information content (AvgIpc) is 2.48. The van der Waals surface area contributed by atoms with E-state index < -0.39 is 5.97 Å². The first-order valence-electron chi connectivity index (χ1n) is 7.40. The molecule has 0 bridgehead atoms. The number of rotatable bonds is 9. The highest BCUT2D eigenvalue weighted by Crippen LogP contribution is 2.33. The van der Waals surface area contributed by atoms with Crippen molar-refractivity contribution in [3.8, 4) is 5.75 Å². The lowest BCUT2D eigenvalue weighted by Gasteiger charge is -2.14. The van der Waals surface area contributed by atoms with Gasteiger partial charge in [-0.3, -0.25) is 0 Å². The number of esters is 1. The van der Waals surface area contributed by atoms with Crippen molar-refractivity contribution in [2.45, 2.75) is 39.5 Å². The normalized spacial score (nSPS) is 12.0. The first kappa shape index (κ1) is 19.4. The van der Waals surface area contributed by atoms with Crippen molar-refractivity contribution in [2.24, 2.45) is 5.92 Å². The molecule has 0 aliphatic rings. The number of carbonyl (C=O) groups excluding carboxylic acids is 1. The molecule has 1 rings (SSSR count). The summed E-state index contributed by atoms with van der Waals surface area (Å²) in [6.07, 6.45) is 4.28. The van der Waals surface area contributed by atoms with Gasteiger partial charge < -0.3 is 9.47 Å². The lowest BCUT2D eigenvalue weighted by molar-refractivity contribution is -0.146. The first-order valence-corrected chi connectivity index (χ1v) is 8.54. The zero-order valence-electron chi connectivity index (χ0n) is 12.8. The van der Waals surface area contributed by atoms with Crippen LogP contribution in [-0.4, -0.2) is 19.2 Å². The van der Waals surface area contributed by atoms with Crippen LogP contribution in [0.1, 0.15) is 39.5 Å². The van der Waals surface area contributed by atoms with Crippen LogP contribution in [0.25, 0.3) is 0 Å². The topological polar surface area (TPSA) is 35.5 Å². The second-order valence-corrected chi connectivity index (χ2v) is 6.28. The minimum Gasteiger partial charge on any atom is -0.480 e. The Bertz CT molecular complexity index is 492. The van der Waals surface area contributed by atoms with Crippen LogP contribution in [0, 0.1) is 5.92 Å². The smallest absolute Gasteiger partial charge is 0.344 e. The molecule has 124 valence electrons. The molecule has 0 N–H and O–H groups in total. The number of carbonyl (C=O) groups is 1. The average molecular weight is 368 g/mol. The number of halogens is 3. The Labute approximate surface area is 146 Å². The maximum atomic E-state index is 11.7. The molecular formula is C16H21Cl3O3. The van der Waals surface area contributed by atoms with Gasteiger partial charge in [0, 0.05) is 6.07 Å². The molecule has 0 radical (unpaired) electrons. The summed E-state index contributed by atoms with van der Waals surface area (Å²) in [5, 5.41) is 0.958.